The quantitative estimate of drug-likeness (QED) is 0.691. The van der Waals surface area contributed by atoms with Crippen molar-refractivity contribution < 1.29 is 4.84 Å². The van der Waals surface area contributed by atoms with Crippen LogP contribution in [0.2, 0.25) is 0 Å². The number of halogens is 1. The topological polar surface area (TPSA) is 21.6 Å². The summed E-state index contributed by atoms with van der Waals surface area (Å²) in [6.07, 6.45) is 0.980. The van der Waals surface area contributed by atoms with Crippen molar-refractivity contribution in [2.45, 2.75) is 11.2 Å². The number of rotatable bonds is 1. The molecule has 2 rings (SSSR count). The van der Waals surface area contributed by atoms with E-state index in [0.29, 0.717) is 11.4 Å². The molecule has 0 fully saturated rings. The van der Waals surface area contributed by atoms with Crippen LogP contribution in [0, 0.1) is 0 Å². The maximum atomic E-state index is 5.06. The maximum Gasteiger partial charge on any atom is 0.118 e. The largest absolute Gasteiger partial charge is 0.395 e. The van der Waals surface area contributed by atoms with Gasteiger partial charge in [-0.05, 0) is 0 Å². The van der Waals surface area contributed by atoms with Gasteiger partial charge in [0.2, 0.25) is 0 Å². The third-order valence-electron chi connectivity index (χ3n) is 1.99. The van der Waals surface area contributed by atoms with Gasteiger partial charge in [0, 0.05) is 12.0 Å². The predicted octanol–water partition coefficient (Wildman–Crippen LogP) is 2.57. The Hall–Kier alpha value is -0.830. The molecule has 0 saturated carbocycles. The van der Waals surface area contributed by atoms with Crippen molar-refractivity contribution in [2.75, 3.05) is 6.61 Å². The Kier molecular flexibility index (Phi) is 2.64. The van der Waals surface area contributed by atoms with E-state index in [-0.39, 0.29) is 0 Å². The average molecular weight is 240 g/mol. The Bertz CT molecular complexity index is 310. The van der Waals surface area contributed by atoms with Gasteiger partial charge in [-0.15, -0.1) is 0 Å². The van der Waals surface area contributed by atoms with Crippen molar-refractivity contribution in [2.24, 2.45) is 5.16 Å². The second-order valence-corrected chi connectivity index (χ2v) is 4.04. The molecule has 68 valence electrons. The Labute approximate surface area is 85.7 Å². The monoisotopic (exact) mass is 239 g/mol. The molecule has 1 atom stereocenters. The first-order valence-corrected chi connectivity index (χ1v) is 5.19. The smallest absolute Gasteiger partial charge is 0.118 e. The Balaban J connectivity index is 2.30. The summed E-state index contributed by atoms with van der Waals surface area (Å²) in [7, 11) is 0. The number of oxime groups is 1. The summed E-state index contributed by atoms with van der Waals surface area (Å²) in [6.45, 7) is 0.701. The molecule has 1 aliphatic rings. The molecule has 1 aliphatic heterocycles. The van der Waals surface area contributed by atoms with Gasteiger partial charge in [-0.3, -0.25) is 0 Å². The zero-order valence-corrected chi connectivity index (χ0v) is 8.70. The van der Waals surface area contributed by atoms with Crippen molar-refractivity contribution in [3.05, 3.63) is 35.9 Å². The predicted molar refractivity (Wildman–Crippen MR) is 56.3 cm³/mol. The number of alkyl halides is 1. The molecule has 1 aromatic carbocycles. The van der Waals surface area contributed by atoms with Gasteiger partial charge >= 0.3 is 0 Å². The van der Waals surface area contributed by atoms with E-state index in [2.05, 4.69) is 21.1 Å². The summed E-state index contributed by atoms with van der Waals surface area (Å²) >= 11 is 3.58. The van der Waals surface area contributed by atoms with E-state index < -0.39 is 0 Å². The van der Waals surface area contributed by atoms with Crippen LogP contribution in [0.25, 0.3) is 0 Å². The zero-order chi connectivity index (χ0) is 9.10. The van der Waals surface area contributed by atoms with E-state index in [1.807, 2.05) is 30.3 Å². The second-order valence-electron chi connectivity index (χ2n) is 2.93. The van der Waals surface area contributed by atoms with E-state index in [1.54, 1.807) is 0 Å². The fraction of sp³-hybridized carbons (Fsp3) is 0.300. The first-order chi connectivity index (χ1) is 6.38. The van der Waals surface area contributed by atoms with Gasteiger partial charge < -0.3 is 4.84 Å². The average Bonchev–Trinajstić information content (AvgIpc) is 2.20. The van der Waals surface area contributed by atoms with Crippen LogP contribution < -0.4 is 0 Å². The highest BCUT2D eigenvalue weighted by Crippen LogP contribution is 2.18. The molecule has 0 amide bonds. The van der Waals surface area contributed by atoms with Crippen LogP contribution >= 0.6 is 15.9 Å². The van der Waals surface area contributed by atoms with Gasteiger partial charge in [-0.2, -0.15) is 0 Å². The summed E-state index contributed by atoms with van der Waals surface area (Å²) in [5.74, 6) is 0. The van der Waals surface area contributed by atoms with Gasteiger partial charge in [0.05, 0.1) is 4.83 Å². The van der Waals surface area contributed by atoms with Crippen molar-refractivity contribution in [3.63, 3.8) is 0 Å². The molecule has 0 aromatic heterocycles. The molecule has 0 aliphatic carbocycles. The minimum absolute atomic E-state index is 0.323. The van der Waals surface area contributed by atoms with Crippen molar-refractivity contribution in [1.29, 1.82) is 0 Å². The van der Waals surface area contributed by atoms with Gasteiger partial charge in [0.1, 0.15) is 12.3 Å². The molecule has 1 heterocycles. The lowest BCUT2D eigenvalue weighted by molar-refractivity contribution is 0.133. The first-order valence-electron chi connectivity index (χ1n) is 4.27. The maximum absolute atomic E-state index is 5.06. The van der Waals surface area contributed by atoms with Crippen LogP contribution in [0.5, 0.6) is 0 Å². The lowest BCUT2D eigenvalue weighted by Gasteiger charge is -2.17. The van der Waals surface area contributed by atoms with E-state index in [0.717, 1.165) is 17.7 Å². The molecular weight excluding hydrogens is 230 g/mol. The summed E-state index contributed by atoms with van der Waals surface area (Å²) in [5.41, 5.74) is 2.12. The summed E-state index contributed by atoms with van der Waals surface area (Å²) in [6, 6.07) is 10.1. The fourth-order valence-electron chi connectivity index (χ4n) is 1.31. The second kappa shape index (κ2) is 3.92. The van der Waals surface area contributed by atoms with Gasteiger partial charge in [0.25, 0.3) is 0 Å². The zero-order valence-electron chi connectivity index (χ0n) is 7.11. The molecule has 0 saturated heterocycles. The SMILES string of the molecule is BrC1CCON=C1c1ccccc1. The van der Waals surface area contributed by atoms with Crippen molar-refractivity contribution in [1.82, 2.24) is 0 Å². The number of benzene rings is 1. The lowest BCUT2D eigenvalue weighted by atomic mass is 10.1. The normalized spacial score (nSPS) is 21.9. The molecule has 0 radical (unpaired) electrons. The highest BCUT2D eigenvalue weighted by Gasteiger charge is 2.18. The molecule has 0 bridgehead atoms. The lowest BCUT2D eigenvalue weighted by Crippen LogP contribution is -2.22. The molecule has 0 N–H and O–H groups in total. The van der Waals surface area contributed by atoms with Gasteiger partial charge in [0.15, 0.2) is 0 Å². The number of nitrogens with zero attached hydrogens (tertiary/aromatic N) is 1. The highest BCUT2D eigenvalue weighted by atomic mass is 79.9. The molecule has 3 heteroatoms. The number of hydrogen-bond donors (Lipinski definition) is 0. The summed E-state index contributed by atoms with van der Waals surface area (Å²) in [5, 5.41) is 4.05. The van der Waals surface area contributed by atoms with E-state index >= 15 is 0 Å². The van der Waals surface area contributed by atoms with Crippen LogP contribution in [0.4, 0.5) is 0 Å². The van der Waals surface area contributed by atoms with E-state index in [1.165, 1.54) is 0 Å². The summed E-state index contributed by atoms with van der Waals surface area (Å²) < 4.78 is 0. The van der Waals surface area contributed by atoms with Crippen LogP contribution in [0.15, 0.2) is 35.5 Å². The first kappa shape index (κ1) is 8.75. The third kappa shape index (κ3) is 1.91. The van der Waals surface area contributed by atoms with Crippen LogP contribution in [-0.4, -0.2) is 17.1 Å². The molecule has 0 spiro atoms. The minimum atomic E-state index is 0.323. The van der Waals surface area contributed by atoms with Gasteiger partial charge in [-0.25, -0.2) is 0 Å². The van der Waals surface area contributed by atoms with Crippen LogP contribution in [-0.2, 0) is 4.84 Å². The molecule has 1 unspecified atom stereocenters. The fourth-order valence-corrected chi connectivity index (χ4v) is 1.84. The molecule has 1 aromatic rings. The van der Waals surface area contributed by atoms with Crippen molar-refractivity contribution >= 4 is 21.6 Å². The standard InChI is InChI=1S/C10H10BrNO/c11-9-6-7-13-12-10(9)8-4-2-1-3-5-8/h1-5,9H,6-7H2. The minimum Gasteiger partial charge on any atom is -0.395 e. The molecule has 2 nitrogen and oxygen atoms in total. The van der Waals surface area contributed by atoms with Crippen LogP contribution in [0.3, 0.4) is 0 Å². The molecular formula is C10H10BrNO. The number of hydrogen-bond acceptors (Lipinski definition) is 2. The summed E-state index contributed by atoms with van der Waals surface area (Å²) in [4.78, 5) is 5.39. The van der Waals surface area contributed by atoms with E-state index in [9.17, 15) is 0 Å². The van der Waals surface area contributed by atoms with E-state index in [4.69, 9.17) is 4.84 Å². The Morgan fingerprint density at radius 2 is 2.08 bits per heavy atom. The van der Waals surface area contributed by atoms with Gasteiger partial charge in [-0.1, -0.05) is 51.4 Å². The van der Waals surface area contributed by atoms with Crippen LogP contribution in [0.1, 0.15) is 12.0 Å². The van der Waals surface area contributed by atoms with Crippen molar-refractivity contribution in [3.8, 4) is 0 Å². The Morgan fingerprint density at radius 3 is 2.77 bits per heavy atom. The third-order valence-corrected chi connectivity index (χ3v) is 2.88. The highest BCUT2D eigenvalue weighted by molar-refractivity contribution is 9.10. The molecule has 13 heavy (non-hydrogen) atoms. The Morgan fingerprint density at radius 1 is 1.31 bits per heavy atom.